The average Bonchev–Trinajstić information content (AvgIpc) is 2.54. The summed E-state index contributed by atoms with van der Waals surface area (Å²) < 4.78 is 1.48. The number of nitrogens with zero attached hydrogens (tertiary/aromatic N) is 1. The zero-order chi connectivity index (χ0) is 16.4. The number of hydrogen-bond acceptors (Lipinski definition) is 2. The molecule has 0 saturated heterocycles. The number of halogens is 1. The third-order valence-corrected chi connectivity index (χ3v) is 3.91. The molecule has 0 saturated carbocycles. The summed E-state index contributed by atoms with van der Waals surface area (Å²) in [5.41, 5.74) is 2.11. The molecule has 1 N–H and O–H groups in total. The molecule has 23 heavy (non-hydrogen) atoms. The predicted molar refractivity (Wildman–Crippen MR) is 93.0 cm³/mol. The Bertz CT molecular complexity index is 930. The molecule has 0 aliphatic heterocycles. The first-order valence-corrected chi connectivity index (χ1v) is 7.57. The molecule has 0 aliphatic rings. The van der Waals surface area contributed by atoms with Gasteiger partial charge >= 0.3 is 0 Å². The fourth-order valence-electron chi connectivity index (χ4n) is 2.54. The third-order valence-electron chi connectivity index (χ3n) is 3.66. The maximum atomic E-state index is 12.3. The second-order valence-electron chi connectivity index (χ2n) is 5.32. The molecule has 0 bridgehead atoms. The highest BCUT2D eigenvalue weighted by molar-refractivity contribution is 6.30. The fraction of sp³-hybridized carbons (Fsp3) is 0.111. The van der Waals surface area contributed by atoms with E-state index < -0.39 is 0 Å². The second kappa shape index (κ2) is 6.26. The van der Waals surface area contributed by atoms with E-state index in [1.54, 1.807) is 30.3 Å². The van der Waals surface area contributed by atoms with Crippen LogP contribution < -0.4 is 10.9 Å². The first-order chi connectivity index (χ1) is 11.0. The van der Waals surface area contributed by atoms with Crippen molar-refractivity contribution in [3.05, 3.63) is 75.5 Å². The molecule has 0 fully saturated rings. The Hall–Kier alpha value is -2.59. The van der Waals surface area contributed by atoms with Crippen molar-refractivity contribution < 1.29 is 4.79 Å². The van der Waals surface area contributed by atoms with Gasteiger partial charge in [0.2, 0.25) is 5.91 Å². The van der Waals surface area contributed by atoms with Crippen molar-refractivity contribution in [1.29, 1.82) is 0 Å². The number of hydrogen-bond donors (Lipinski definition) is 1. The van der Waals surface area contributed by atoms with Crippen LogP contribution in [-0.4, -0.2) is 10.5 Å². The fourth-order valence-corrected chi connectivity index (χ4v) is 2.67. The van der Waals surface area contributed by atoms with E-state index in [1.807, 2.05) is 31.2 Å². The lowest BCUT2D eigenvalue weighted by Gasteiger charge is -2.12. The van der Waals surface area contributed by atoms with E-state index >= 15 is 0 Å². The van der Waals surface area contributed by atoms with Gasteiger partial charge in [0.15, 0.2) is 0 Å². The molecule has 0 atom stereocenters. The zero-order valence-corrected chi connectivity index (χ0v) is 13.3. The molecule has 0 aliphatic carbocycles. The quantitative estimate of drug-likeness (QED) is 0.799. The van der Waals surface area contributed by atoms with Crippen molar-refractivity contribution in [2.24, 2.45) is 0 Å². The summed E-state index contributed by atoms with van der Waals surface area (Å²) in [6, 6.07) is 15.9. The van der Waals surface area contributed by atoms with Crippen LogP contribution in [0.25, 0.3) is 10.9 Å². The smallest absolute Gasteiger partial charge is 0.251 e. The third kappa shape index (κ3) is 3.27. The van der Waals surface area contributed by atoms with Gasteiger partial charge in [-0.25, -0.2) is 0 Å². The predicted octanol–water partition coefficient (Wildman–Crippen LogP) is 3.60. The number of aromatic nitrogens is 1. The van der Waals surface area contributed by atoms with Gasteiger partial charge in [0.05, 0.1) is 5.52 Å². The lowest BCUT2D eigenvalue weighted by Crippen LogP contribution is -2.27. The van der Waals surface area contributed by atoms with Crippen LogP contribution in [0.1, 0.15) is 5.56 Å². The molecule has 0 radical (unpaired) electrons. The molecule has 1 heterocycles. The number of amides is 1. The molecule has 2 aromatic carbocycles. The maximum absolute atomic E-state index is 12.3. The Morgan fingerprint density at radius 3 is 2.57 bits per heavy atom. The van der Waals surface area contributed by atoms with E-state index in [4.69, 9.17) is 11.6 Å². The Labute approximate surface area is 138 Å². The van der Waals surface area contributed by atoms with E-state index in [9.17, 15) is 9.59 Å². The van der Waals surface area contributed by atoms with Crippen LogP contribution in [-0.2, 0) is 11.3 Å². The summed E-state index contributed by atoms with van der Waals surface area (Å²) in [4.78, 5) is 24.5. The Morgan fingerprint density at radius 1 is 1.13 bits per heavy atom. The number of pyridine rings is 1. The maximum Gasteiger partial charge on any atom is 0.251 e. The summed E-state index contributed by atoms with van der Waals surface area (Å²) in [6.07, 6.45) is 0. The van der Waals surface area contributed by atoms with Gasteiger partial charge in [0, 0.05) is 22.2 Å². The molecular formula is C18H15ClN2O2. The van der Waals surface area contributed by atoms with Crippen LogP contribution in [0.4, 0.5) is 5.69 Å². The molecule has 116 valence electrons. The van der Waals surface area contributed by atoms with Crippen LogP contribution in [0.5, 0.6) is 0 Å². The standard InChI is InChI=1S/C18H15ClN2O2/c1-12-10-18(23)21(16-5-3-2-4-15(12)16)11-17(22)20-14-8-6-13(19)7-9-14/h2-10H,11H2,1H3,(H,20,22). The lowest BCUT2D eigenvalue weighted by atomic mass is 10.1. The molecular weight excluding hydrogens is 312 g/mol. The van der Waals surface area contributed by atoms with E-state index in [-0.39, 0.29) is 18.0 Å². The highest BCUT2D eigenvalue weighted by Crippen LogP contribution is 2.16. The van der Waals surface area contributed by atoms with Crippen LogP contribution in [0.3, 0.4) is 0 Å². The first kappa shape index (κ1) is 15.3. The SMILES string of the molecule is Cc1cc(=O)n(CC(=O)Nc2ccc(Cl)cc2)c2ccccc12. The number of carbonyl (C=O) groups is 1. The Kier molecular flexibility index (Phi) is 4.17. The van der Waals surface area contributed by atoms with Crippen molar-refractivity contribution in [3.63, 3.8) is 0 Å². The van der Waals surface area contributed by atoms with Gasteiger partial charge in [-0.3, -0.25) is 14.2 Å². The van der Waals surface area contributed by atoms with E-state index in [0.29, 0.717) is 10.7 Å². The highest BCUT2D eigenvalue weighted by atomic mass is 35.5. The van der Waals surface area contributed by atoms with Crippen molar-refractivity contribution in [3.8, 4) is 0 Å². The van der Waals surface area contributed by atoms with E-state index in [1.165, 1.54) is 4.57 Å². The molecule has 1 amide bonds. The molecule has 3 rings (SSSR count). The van der Waals surface area contributed by atoms with Crippen LogP contribution in [0.2, 0.25) is 5.02 Å². The number of para-hydroxylation sites is 1. The van der Waals surface area contributed by atoms with Crippen molar-refractivity contribution in [2.45, 2.75) is 13.5 Å². The number of benzene rings is 2. The number of rotatable bonds is 3. The Balaban J connectivity index is 1.90. The molecule has 5 heteroatoms. The molecule has 0 spiro atoms. The lowest BCUT2D eigenvalue weighted by molar-refractivity contribution is -0.116. The zero-order valence-electron chi connectivity index (χ0n) is 12.5. The number of aryl methyl sites for hydroxylation is 1. The second-order valence-corrected chi connectivity index (χ2v) is 5.76. The normalized spacial score (nSPS) is 10.7. The van der Waals surface area contributed by atoms with Gasteiger partial charge < -0.3 is 5.32 Å². The molecule has 3 aromatic rings. The van der Waals surface area contributed by atoms with E-state index in [0.717, 1.165) is 16.5 Å². The van der Waals surface area contributed by atoms with Gasteiger partial charge in [0.1, 0.15) is 6.54 Å². The van der Waals surface area contributed by atoms with E-state index in [2.05, 4.69) is 5.32 Å². The molecule has 4 nitrogen and oxygen atoms in total. The summed E-state index contributed by atoms with van der Waals surface area (Å²) in [6.45, 7) is 1.85. The van der Waals surface area contributed by atoms with Gasteiger partial charge in [-0.2, -0.15) is 0 Å². The average molecular weight is 327 g/mol. The minimum Gasteiger partial charge on any atom is -0.325 e. The highest BCUT2D eigenvalue weighted by Gasteiger charge is 2.10. The number of carbonyl (C=O) groups excluding carboxylic acids is 1. The van der Waals surface area contributed by atoms with Crippen molar-refractivity contribution in [1.82, 2.24) is 4.57 Å². The largest absolute Gasteiger partial charge is 0.325 e. The Morgan fingerprint density at radius 2 is 1.83 bits per heavy atom. The monoisotopic (exact) mass is 326 g/mol. The molecule has 1 aromatic heterocycles. The topological polar surface area (TPSA) is 51.1 Å². The summed E-state index contributed by atoms with van der Waals surface area (Å²) in [5, 5.41) is 4.33. The van der Waals surface area contributed by atoms with Crippen LogP contribution in [0.15, 0.2) is 59.4 Å². The number of anilines is 1. The van der Waals surface area contributed by atoms with Crippen LogP contribution >= 0.6 is 11.6 Å². The van der Waals surface area contributed by atoms with Gasteiger partial charge in [-0.05, 0) is 42.8 Å². The van der Waals surface area contributed by atoms with Gasteiger partial charge in [-0.15, -0.1) is 0 Å². The summed E-state index contributed by atoms with van der Waals surface area (Å²) >= 11 is 5.82. The van der Waals surface area contributed by atoms with Crippen molar-refractivity contribution in [2.75, 3.05) is 5.32 Å². The summed E-state index contributed by atoms with van der Waals surface area (Å²) in [5.74, 6) is -0.261. The minimum atomic E-state index is -0.261. The minimum absolute atomic E-state index is 0.0394. The van der Waals surface area contributed by atoms with Crippen LogP contribution in [0, 0.1) is 6.92 Å². The van der Waals surface area contributed by atoms with Gasteiger partial charge in [0.25, 0.3) is 5.56 Å². The van der Waals surface area contributed by atoms with Crippen molar-refractivity contribution >= 4 is 34.1 Å². The van der Waals surface area contributed by atoms with Gasteiger partial charge in [-0.1, -0.05) is 29.8 Å². The first-order valence-electron chi connectivity index (χ1n) is 7.19. The summed E-state index contributed by atoms with van der Waals surface area (Å²) in [7, 11) is 0. The number of nitrogens with one attached hydrogen (secondary N) is 1. The number of fused-ring (bicyclic) bond motifs is 1. The molecule has 0 unspecified atom stereocenters.